The zero-order valence-corrected chi connectivity index (χ0v) is 18.2. The second kappa shape index (κ2) is 8.00. The summed E-state index contributed by atoms with van der Waals surface area (Å²) in [5, 5.41) is 1.19. The summed E-state index contributed by atoms with van der Waals surface area (Å²) in [4.78, 5) is 37.2. The molecule has 2 heterocycles. The third-order valence-corrected chi connectivity index (χ3v) is 5.16. The highest BCUT2D eigenvalue weighted by atomic mass is 16.5. The van der Waals surface area contributed by atoms with Crippen LogP contribution in [-0.2, 0) is 4.79 Å². The summed E-state index contributed by atoms with van der Waals surface area (Å²) in [5.41, 5.74) is -0.588. The fourth-order valence-electron chi connectivity index (χ4n) is 3.29. The number of ketones is 1. The summed E-state index contributed by atoms with van der Waals surface area (Å²) >= 11 is 0. The van der Waals surface area contributed by atoms with Gasteiger partial charge in [0.25, 0.3) is 0 Å². The van der Waals surface area contributed by atoms with Crippen molar-refractivity contribution in [2.24, 2.45) is 5.41 Å². The molecule has 32 heavy (non-hydrogen) atoms. The number of para-hydroxylation sites is 1. The van der Waals surface area contributed by atoms with E-state index in [4.69, 9.17) is 18.3 Å². The van der Waals surface area contributed by atoms with Crippen molar-refractivity contribution in [3.05, 3.63) is 69.4 Å². The first-order valence-corrected chi connectivity index (χ1v) is 10.0. The van der Waals surface area contributed by atoms with Crippen molar-refractivity contribution in [2.45, 2.75) is 20.8 Å². The Morgan fingerprint density at radius 1 is 0.969 bits per heavy atom. The largest absolute Gasteiger partial charge is 0.493 e. The lowest BCUT2D eigenvalue weighted by Gasteiger charge is -2.16. The van der Waals surface area contributed by atoms with Gasteiger partial charge >= 0.3 is 11.3 Å². The van der Waals surface area contributed by atoms with Gasteiger partial charge in [0.2, 0.25) is 0 Å². The van der Waals surface area contributed by atoms with E-state index in [0.717, 1.165) is 0 Å². The van der Waals surface area contributed by atoms with Gasteiger partial charge in [-0.3, -0.25) is 4.79 Å². The van der Waals surface area contributed by atoms with Crippen molar-refractivity contribution in [2.75, 3.05) is 13.7 Å². The highest BCUT2D eigenvalue weighted by Gasteiger charge is 2.22. The molecule has 0 aliphatic carbocycles. The van der Waals surface area contributed by atoms with Crippen molar-refractivity contribution in [3.8, 4) is 22.6 Å². The fourth-order valence-corrected chi connectivity index (χ4v) is 3.29. The molecular formula is C25H22O7. The third kappa shape index (κ3) is 4.01. The van der Waals surface area contributed by atoms with Gasteiger partial charge in [0, 0.05) is 33.9 Å². The topological polar surface area (TPSA) is 96.0 Å². The number of Topliss-reactive ketones (excluding diaryl/α,β-unsaturated/α-hetero) is 1. The van der Waals surface area contributed by atoms with Gasteiger partial charge < -0.3 is 18.3 Å². The zero-order chi connectivity index (χ0) is 23.0. The first-order valence-electron chi connectivity index (χ1n) is 10.0. The van der Waals surface area contributed by atoms with E-state index >= 15 is 0 Å². The number of rotatable bonds is 5. The molecule has 4 rings (SSSR count). The van der Waals surface area contributed by atoms with Gasteiger partial charge in [-0.15, -0.1) is 0 Å². The molecule has 0 radical (unpaired) electrons. The Morgan fingerprint density at radius 3 is 2.47 bits per heavy atom. The summed E-state index contributed by atoms with van der Waals surface area (Å²) in [5.74, 6) is 0.762. The van der Waals surface area contributed by atoms with Gasteiger partial charge in [-0.1, -0.05) is 32.9 Å². The maximum Gasteiger partial charge on any atom is 0.344 e. The number of methoxy groups -OCH3 is 1. The molecule has 0 saturated carbocycles. The molecule has 0 aliphatic heterocycles. The maximum absolute atomic E-state index is 12.8. The van der Waals surface area contributed by atoms with Crippen molar-refractivity contribution in [3.63, 3.8) is 0 Å². The van der Waals surface area contributed by atoms with Crippen molar-refractivity contribution in [1.29, 1.82) is 0 Å². The van der Waals surface area contributed by atoms with Crippen LogP contribution in [0.15, 0.2) is 67.0 Å². The molecule has 0 spiro atoms. The Kier molecular flexibility index (Phi) is 5.34. The van der Waals surface area contributed by atoms with Crippen LogP contribution >= 0.6 is 0 Å². The Hall–Kier alpha value is -3.87. The SMILES string of the molecule is COc1cccc2cc(-c3cc(=O)oc4cc(OCC(=O)C(C)(C)C)ccc34)c(=O)oc12. The smallest absolute Gasteiger partial charge is 0.344 e. The molecule has 164 valence electrons. The minimum Gasteiger partial charge on any atom is -0.493 e. The Morgan fingerprint density at radius 2 is 1.75 bits per heavy atom. The van der Waals surface area contributed by atoms with Gasteiger partial charge in [-0.2, -0.15) is 0 Å². The quantitative estimate of drug-likeness (QED) is 0.425. The minimum atomic E-state index is -0.624. The molecule has 0 saturated heterocycles. The van der Waals surface area contributed by atoms with Gasteiger partial charge in [0.1, 0.15) is 17.9 Å². The van der Waals surface area contributed by atoms with E-state index in [1.54, 1.807) is 36.4 Å². The van der Waals surface area contributed by atoms with Gasteiger partial charge in [0.05, 0.1) is 12.7 Å². The number of carbonyl (C=O) groups is 1. The van der Waals surface area contributed by atoms with Crippen LogP contribution in [0, 0.1) is 5.41 Å². The molecule has 0 N–H and O–H groups in total. The minimum absolute atomic E-state index is 0.0583. The lowest BCUT2D eigenvalue weighted by Crippen LogP contribution is -2.26. The van der Waals surface area contributed by atoms with Crippen LogP contribution in [0.1, 0.15) is 20.8 Å². The number of ether oxygens (including phenoxy) is 2. The third-order valence-electron chi connectivity index (χ3n) is 5.16. The Bertz CT molecular complexity index is 1450. The van der Waals surface area contributed by atoms with Crippen LogP contribution < -0.4 is 20.7 Å². The van der Waals surface area contributed by atoms with E-state index < -0.39 is 16.7 Å². The lowest BCUT2D eigenvalue weighted by molar-refractivity contribution is -0.128. The Labute approximate surface area is 183 Å². The predicted octanol–water partition coefficient (Wildman–Crippen LogP) is 4.57. The molecule has 0 fully saturated rings. The monoisotopic (exact) mass is 434 g/mol. The molecule has 0 unspecified atom stereocenters. The van der Waals surface area contributed by atoms with E-state index in [1.165, 1.54) is 19.2 Å². The Balaban J connectivity index is 1.80. The molecule has 2 aromatic heterocycles. The lowest BCUT2D eigenvalue weighted by atomic mass is 9.91. The molecular weight excluding hydrogens is 412 g/mol. The first-order chi connectivity index (χ1) is 15.2. The van der Waals surface area contributed by atoms with Crippen LogP contribution in [0.3, 0.4) is 0 Å². The average Bonchev–Trinajstić information content (AvgIpc) is 2.75. The number of benzene rings is 2. The zero-order valence-electron chi connectivity index (χ0n) is 18.2. The van der Waals surface area contributed by atoms with Crippen LogP contribution in [0.4, 0.5) is 0 Å². The molecule has 0 aliphatic rings. The van der Waals surface area contributed by atoms with E-state index in [0.29, 0.717) is 33.4 Å². The van der Waals surface area contributed by atoms with Crippen molar-refractivity contribution < 1.29 is 23.1 Å². The van der Waals surface area contributed by atoms with Crippen molar-refractivity contribution >= 4 is 27.7 Å². The van der Waals surface area contributed by atoms with E-state index in [9.17, 15) is 14.4 Å². The fraction of sp³-hybridized carbons (Fsp3) is 0.240. The predicted molar refractivity (Wildman–Crippen MR) is 120 cm³/mol. The van der Waals surface area contributed by atoms with E-state index in [2.05, 4.69) is 0 Å². The molecule has 0 atom stereocenters. The highest BCUT2D eigenvalue weighted by molar-refractivity contribution is 5.96. The second-order valence-corrected chi connectivity index (χ2v) is 8.43. The van der Waals surface area contributed by atoms with E-state index in [1.807, 2.05) is 20.8 Å². The highest BCUT2D eigenvalue weighted by Crippen LogP contribution is 2.31. The van der Waals surface area contributed by atoms with Crippen LogP contribution in [0.5, 0.6) is 11.5 Å². The van der Waals surface area contributed by atoms with E-state index in [-0.39, 0.29) is 23.5 Å². The van der Waals surface area contributed by atoms with Crippen LogP contribution in [0.2, 0.25) is 0 Å². The normalized spacial score (nSPS) is 11.6. The maximum atomic E-state index is 12.8. The number of fused-ring (bicyclic) bond motifs is 2. The summed E-state index contributed by atoms with van der Waals surface area (Å²) in [6.45, 7) is 5.34. The molecule has 7 nitrogen and oxygen atoms in total. The summed E-state index contributed by atoms with van der Waals surface area (Å²) in [6, 6.07) is 13.0. The second-order valence-electron chi connectivity index (χ2n) is 8.43. The van der Waals surface area contributed by atoms with Gasteiger partial charge in [0.15, 0.2) is 17.1 Å². The number of hydrogen-bond acceptors (Lipinski definition) is 7. The summed E-state index contributed by atoms with van der Waals surface area (Å²) in [6.07, 6.45) is 0. The molecule has 4 aromatic rings. The van der Waals surface area contributed by atoms with Gasteiger partial charge in [-0.25, -0.2) is 9.59 Å². The summed E-state index contributed by atoms with van der Waals surface area (Å²) < 4.78 is 21.7. The molecule has 2 aromatic carbocycles. The first kappa shape index (κ1) is 21.4. The summed E-state index contributed by atoms with van der Waals surface area (Å²) in [7, 11) is 1.49. The average molecular weight is 434 g/mol. The van der Waals surface area contributed by atoms with Crippen molar-refractivity contribution in [1.82, 2.24) is 0 Å². The molecule has 0 amide bonds. The standard InChI is InChI=1S/C25H22O7/c1-25(2,3)21(26)13-30-15-8-9-16-17(12-22(27)31-20(16)11-15)18-10-14-6-5-7-19(29-4)23(14)32-24(18)28/h5-12H,13H2,1-4H3. The molecule has 0 bridgehead atoms. The molecule has 7 heteroatoms. The van der Waals surface area contributed by atoms with Crippen LogP contribution in [0.25, 0.3) is 33.1 Å². The van der Waals surface area contributed by atoms with Crippen LogP contribution in [-0.4, -0.2) is 19.5 Å². The number of hydrogen-bond donors (Lipinski definition) is 0. The number of carbonyl (C=O) groups excluding carboxylic acids is 1. The van der Waals surface area contributed by atoms with Gasteiger partial charge in [-0.05, 0) is 24.3 Å².